The number of hydrazine groups is 1. The number of para-hydroxylation sites is 1. The molecule has 5 heteroatoms. The van der Waals surface area contributed by atoms with Crippen molar-refractivity contribution in [2.45, 2.75) is 50.8 Å². The normalized spacial score (nSPS) is 23.6. The second-order valence-corrected chi connectivity index (χ2v) is 8.15. The number of nitrogens with zero attached hydrogens (tertiary/aromatic N) is 1. The zero-order valence-corrected chi connectivity index (χ0v) is 15.8. The van der Waals surface area contributed by atoms with Crippen molar-refractivity contribution in [3.05, 3.63) is 52.2 Å². The molecular weight excluding hydrogens is 344 g/mol. The van der Waals surface area contributed by atoms with E-state index in [0.29, 0.717) is 6.61 Å². The highest BCUT2D eigenvalue weighted by molar-refractivity contribution is 7.11. The van der Waals surface area contributed by atoms with Crippen LogP contribution < -0.4 is 14.9 Å². The molecule has 0 saturated heterocycles. The van der Waals surface area contributed by atoms with E-state index in [1.165, 1.54) is 35.4 Å². The molecule has 2 aliphatic heterocycles. The molecule has 2 aromatic rings. The number of thiophene rings is 1. The van der Waals surface area contributed by atoms with Crippen LogP contribution in [0.15, 0.2) is 41.8 Å². The summed E-state index contributed by atoms with van der Waals surface area (Å²) in [5, 5.41) is 4.49. The molecule has 1 spiro atoms. The third kappa shape index (κ3) is 2.45. The molecule has 0 radical (unpaired) electrons. The van der Waals surface area contributed by atoms with E-state index < -0.39 is 0 Å². The van der Waals surface area contributed by atoms with E-state index in [-0.39, 0.29) is 11.8 Å². The first-order chi connectivity index (χ1) is 12.8. The number of hydrogen-bond acceptors (Lipinski definition) is 5. The number of rotatable bonds is 3. The maximum absolute atomic E-state index is 6.73. The number of ether oxygens (including phenoxy) is 2. The summed E-state index contributed by atoms with van der Waals surface area (Å²) in [4.78, 5) is 1.27. The lowest BCUT2D eigenvalue weighted by molar-refractivity contribution is -0.151. The van der Waals surface area contributed by atoms with Gasteiger partial charge in [-0.05, 0) is 43.4 Å². The summed E-state index contributed by atoms with van der Waals surface area (Å²) >= 11 is 1.77. The summed E-state index contributed by atoms with van der Waals surface area (Å²) in [5.74, 6) is 1.80. The van der Waals surface area contributed by atoms with Crippen molar-refractivity contribution in [2.75, 3.05) is 6.61 Å². The third-order valence-electron chi connectivity index (χ3n) is 5.62. The van der Waals surface area contributed by atoms with Gasteiger partial charge in [0.25, 0.3) is 0 Å². The molecule has 1 fully saturated rings. The molecule has 1 aromatic heterocycles. The zero-order chi connectivity index (χ0) is 17.6. The molecule has 4 nitrogen and oxygen atoms in total. The van der Waals surface area contributed by atoms with Gasteiger partial charge in [-0.1, -0.05) is 24.6 Å². The number of benzene rings is 1. The van der Waals surface area contributed by atoms with Crippen molar-refractivity contribution in [3.8, 4) is 11.5 Å². The van der Waals surface area contributed by atoms with Crippen molar-refractivity contribution in [3.63, 3.8) is 0 Å². The number of fused-ring (bicyclic) bond motifs is 4. The van der Waals surface area contributed by atoms with Gasteiger partial charge in [-0.2, -0.15) is 5.01 Å². The van der Waals surface area contributed by atoms with Gasteiger partial charge in [-0.3, -0.25) is 0 Å². The van der Waals surface area contributed by atoms with Gasteiger partial charge >= 0.3 is 0 Å². The summed E-state index contributed by atoms with van der Waals surface area (Å²) in [7, 11) is 0. The summed E-state index contributed by atoms with van der Waals surface area (Å²) in [6.07, 6.45) is 8.12. The topological polar surface area (TPSA) is 33.7 Å². The second-order valence-electron chi connectivity index (χ2n) is 7.20. The molecule has 1 aliphatic carbocycles. The van der Waals surface area contributed by atoms with Gasteiger partial charge in [0, 0.05) is 18.4 Å². The highest BCUT2D eigenvalue weighted by atomic mass is 32.1. The molecule has 3 heterocycles. The molecule has 1 N–H and O–H groups in total. The quantitative estimate of drug-likeness (QED) is 0.817. The SMILES string of the molecule is CCOc1cccc2c1OC1(CCCCC1)N1NC(c3cccs3)=CC21. The Labute approximate surface area is 158 Å². The Morgan fingerprint density at radius 1 is 1.23 bits per heavy atom. The van der Waals surface area contributed by atoms with Crippen LogP contribution in [0.3, 0.4) is 0 Å². The van der Waals surface area contributed by atoms with Crippen LogP contribution in [0.2, 0.25) is 0 Å². The molecule has 1 aromatic carbocycles. The standard InChI is InChI=1S/C21H24N2O2S/c1-2-24-18-9-6-8-15-17-14-16(19-10-7-13-26-19)22-23(17)21(25-20(15)18)11-4-3-5-12-21/h6-10,13-14,17,22H,2-5,11-12H2,1H3. The fourth-order valence-corrected chi connectivity index (χ4v) is 5.15. The number of hydrogen-bond donors (Lipinski definition) is 1. The third-order valence-corrected chi connectivity index (χ3v) is 6.53. The molecule has 5 rings (SSSR count). The minimum atomic E-state index is -0.293. The lowest BCUT2D eigenvalue weighted by Crippen LogP contribution is -2.60. The van der Waals surface area contributed by atoms with E-state index in [4.69, 9.17) is 9.47 Å². The van der Waals surface area contributed by atoms with Crippen LogP contribution in [0.5, 0.6) is 11.5 Å². The van der Waals surface area contributed by atoms with E-state index in [9.17, 15) is 0 Å². The van der Waals surface area contributed by atoms with Crippen molar-refractivity contribution in [1.29, 1.82) is 0 Å². The fraction of sp³-hybridized carbons (Fsp3) is 0.429. The van der Waals surface area contributed by atoms with Crippen molar-refractivity contribution < 1.29 is 9.47 Å². The number of nitrogens with one attached hydrogen (secondary N) is 1. The summed E-state index contributed by atoms with van der Waals surface area (Å²) in [6, 6.07) is 10.7. The maximum Gasteiger partial charge on any atom is 0.180 e. The fourth-order valence-electron chi connectivity index (χ4n) is 4.45. The molecule has 1 atom stereocenters. The molecule has 26 heavy (non-hydrogen) atoms. The van der Waals surface area contributed by atoms with Gasteiger partial charge < -0.3 is 14.9 Å². The Balaban J connectivity index is 1.62. The van der Waals surface area contributed by atoms with Crippen LogP contribution in [-0.2, 0) is 0 Å². The Bertz CT molecular complexity index is 825. The molecule has 136 valence electrons. The van der Waals surface area contributed by atoms with Crippen LogP contribution in [-0.4, -0.2) is 17.3 Å². The minimum absolute atomic E-state index is 0.175. The van der Waals surface area contributed by atoms with E-state index in [1.807, 2.05) is 13.0 Å². The van der Waals surface area contributed by atoms with Crippen LogP contribution in [0.1, 0.15) is 55.5 Å². The molecule has 0 amide bonds. The average Bonchev–Trinajstić information content (AvgIpc) is 3.34. The van der Waals surface area contributed by atoms with E-state index in [0.717, 1.165) is 24.3 Å². The van der Waals surface area contributed by atoms with Crippen LogP contribution in [0.25, 0.3) is 5.70 Å². The Hall–Kier alpha value is -1.98. The predicted molar refractivity (Wildman–Crippen MR) is 104 cm³/mol. The van der Waals surface area contributed by atoms with E-state index in [2.05, 4.69) is 46.2 Å². The first-order valence-electron chi connectivity index (χ1n) is 9.57. The van der Waals surface area contributed by atoms with E-state index in [1.54, 1.807) is 11.3 Å². The lowest BCUT2D eigenvalue weighted by atomic mass is 9.87. The minimum Gasteiger partial charge on any atom is -0.490 e. The molecule has 1 saturated carbocycles. The van der Waals surface area contributed by atoms with Crippen molar-refractivity contribution in [1.82, 2.24) is 10.4 Å². The zero-order valence-electron chi connectivity index (χ0n) is 15.0. The maximum atomic E-state index is 6.73. The van der Waals surface area contributed by atoms with Crippen LogP contribution in [0.4, 0.5) is 0 Å². The first kappa shape index (κ1) is 16.2. The smallest absolute Gasteiger partial charge is 0.180 e. The summed E-state index contributed by atoms with van der Waals surface area (Å²) < 4.78 is 12.6. The highest BCUT2D eigenvalue weighted by Gasteiger charge is 2.51. The van der Waals surface area contributed by atoms with Gasteiger partial charge in [0.1, 0.15) is 0 Å². The molecule has 0 bridgehead atoms. The van der Waals surface area contributed by atoms with Crippen LogP contribution >= 0.6 is 11.3 Å². The average molecular weight is 369 g/mol. The molecule has 3 aliphatic rings. The van der Waals surface area contributed by atoms with Gasteiger partial charge in [0.05, 0.1) is 23.2 Å². The van der Waals surface area contributed by atoms with Gasteiger partial charge in [-0.15, -0.1) is 11.3 Å². The first-order valence-corrected chi connectivity index (χ1v) is 10.5. The molecule has 1 unspecified atom stereocenters. The monoisotopic (exact) mass is 368 g/mol. The van der Waals surface area contributed by atoms with Gasteiger partial charge in [0.15, 0.2) is 17.2 Å². The van der Waals surface area contributed by atoms with E-state index >= 15 is 0 Å². The summed E-state index contributed by atoms with van der Waals surface area (Å²) in [6.45, 7) is 2.67. The van der Waals surface area contributed by atoms with Crippen molar-refractivity contribution >= 4 is 17.0 Å². The van der Waals surface area contributed by atoms with Crippen molar-refractivity contribution in [2.24, 2.45) is 0 Å². The Morgan fingerprint density at radius 2 is 2.12 bits per heavy atom. The Morgan fingerprint density at radius 3 is 2.88 bits per heavy atom. The van der Waals surface area contributed by atoms with Crippen LogP contribution in [0, 0.1) is 0 Å². The Kier molecular flexibility index (Phi) is 3.94. The second kappa shape index (κ2) is 6.32. The summed E-state index contributed by atoms with van der Waals surface area (Å²) in [5.41, 5.74) is 5.77. The predicted octanol–water partition coefficient (Wildman–Crippen LogP) is 5.10. The lowest BCUT2D eigenvalue weighted by Gasteiger charge is -2.50. The largest absolute Gasteiger partial charge is 0.490 e. The van der Waals surface area contributed by atoms with Gasteiger partial charge in [0.2, 0.25) is 0 Å². The van der Waals surface area contributed by atoms with Gasteiger partial charge in [-0.25, -0.2) is 0 Å². The molecular formula is C21H24N2O2S. The highest BCUT2D eigenvalue weighted by Crippen LogP contribution is 2.52.